The van der Waals surface area contributed by atoms with Gasteiger partial charge < -0.3 is 9.47 Å². The Kier molecular flexibility index (Phi) is 7.30. The van der Waals surface area contributed by atoms with Crippen molar-refractivity contribution < 1.29 is 19.1 Å². The number of benzene rings is 2. The lowest BCUT2D eigenvalue weighted by Crippen LogP contribution is -2.28. The second kappa shape index (κ2) is 10.1. The molecule has 0 aliphatic carbocycles. The highest BCUT2D eigenvalue weighted by molar-refractivity contribution is 8.18. The lowest BCUT2D eigenvalue weighted by atomic mass is 10.2. The maximum Gasteiger partial charge on any atom is 0.338 e. The highest BCUT2D eigenvalue weighted by Crippen LogP contribution is 2.34. The molecule has 2 aromatic rings. The third kappa shape index (κ3) is 5.10. The molecule has 1 heterocycles. The van der Waals surface area contributed by atoms with E-state index in [1.54, 1.807) is 36.1 Å². The molecule has 156 valence electrons. The topological polar surface area (TPSA) is 68.2 Å². The van der Waals surface area contributed by atoms with Gasteiger partial charge in [-0.1, -0.05) is 12.1 Å². The molecule has 0 N–H and O–H groups in total. The first kappa shape index (κ1) is 21.6. The third-order valence-corrected chi connectivity index (χ3v) is 5.30. The first-order valence-electron chi connectivity index (χ1n) is 9.85. The quantitative estimate of drug-likeness (QED) is 0.468. The second-order valence-corrected chi connectivity index (χ2v) is 7.33. The zero-order chi connectivity index (χ0) is 21.5. The van der Waals surface area contributed by atoms with Gasteiger partial charge in [-0.15, -0.1) is 0 Å². The van der Waals surface area contributed by atoms with E-state index in [9.17, 15) is 9.59 Å². The maximum atomic E-state index is 12.8. The van der Waals surface area contributed by atoms with Crippen molar-refractivity contribution in [1.29, 1.82) is 0 Å². The normalized spacial score (nSPS) is 16.4. The Morgan fingerprint density at radius 1 is 1.03 bits per heavy atom. The molecule has 30 heavy (non-hydrogen) atoms. The number of amidine groups is 1. The zero-order valence-corrected chi connectivity index (χ0v) is 18.1. The van der Waals surface area contributed by atoms with Crippen molar-refractivity contribution in [3.63, 3.8) is 0 Å². The highest BCUT2D eigenvalue weighted by atomic mass is 32.2. The molecule has 1 saturated heterocycles. The molecule has 0 saturated carbocycles. The highest BCUT2D eigenvalue weighted by Gasteiger charge is 2.32. The van der Waals surface area contributed by atoms with E-state index in [0.717, 1.165) is 11.3 Å². The summed E-state index contributed by atoms with van der Waals surface area (Å²) in [6.07, 6.45) is 1.86. The van der Waals surface area contributed by atoms with Gasteiger partial charge in [-0.3, -0.25) is 9.69 Å². The van der Waals surface area contributed by atoms with Crippen molar-refractivity contribution in [2.24, 2.45) is 4.99 Å². The number of carbonyl (C=O) groups is 2. The van der Waals surface area contributed by atoms with Crippen molar-refractivity contribution in [3.8, 4) is 5.75 Å². The number of carbonyl (C=O) groups excluding carboxylic acids is 2. The van der Waals surface area contributed by atoms with E-state index >= 15 is 0 Å². The average molecular weight is 425 g/mol. The van der Waals surface area contributed by atoms with E-state index in [4.69, 9.17) is 9.47 Å². The largest absolute Gasteiger partial charge is 0.494 e. The number of hydrogen-bond donors (Lipinski definition) is 0. The molecule has 1 aliphatic heterocycles. The Balaban J connectivity index is 1.80. The Hall–Kier alpha value is -3.06. The molecular formula is C23H24N2O4S. The van der Waals surface area contributed by atoms with Gasteiger partial charge in [0, 0.05) is 6.54 Å². The number of rotatable bonds is 7. The van der Waals surface area contributed by atoms with Gasteiger partial charge in [0.1, 0.15) is 5.75 Å². The van der Waals surface area contributed by atoms with Crippen LogP contribution in [-0.4, -0.2) is 41.7 Å². The van der Waals surface area contributed by atoms with Gasteiger partial charge in [-0.05, 0) is 80.6 Å². The molecule has 2 aromatic carbocycles. The predicted molar refractivity (Wildman–Crippen MR) is 120 cm³/mol. The lowest BCUT2D eigenvalue weighted by molar-refractivity contribution is -0.122. The van der Waals surface area contributed by atoms with E-state index < -0.39 is 0 Å². The molecule has 7 heteroatoms. The van der Waals surface area contributed by atoms with E-state index in [1.165, 1.54) is 11.8 Å². The Morgan fingerprint density at radius 3 is 2.33 bits per heavy atom. The molecule has 0 radical (unpaired) electrons. The van der Waals surface area contributed by atoms with Crippen molar-refractivity contribution in [1.82, 2.24) is 4.90 Å². The van der Waals surface area contributed by atoms with Crippen molar-refractivity contribution in [2.45, 2.75) is 20.8 Å². The molecular weight excluding hydrogens is 400 g/mol. The van der Waals surface area contributed by atoms with Crippen LogP contribution < -0.4 is 4.74 Å². The van der Waals surface area contributed by atoms with Crippen LogP contribution in [0, 0.1) is 0 Å². The van der Waals surface area contributed by atoms with Crippen LogP contribution in [0.4, 0.5) is 5.69 Å². The summed E-state index contributed by atoms with van der Waals surface area (Å²) >= 11 is 1.34. The number of aliphatic imine (C=N–C) groups is 1. The monoisotopic (exact) mass is 424 g/mol. The number of amides is 1. The molecule has 0 bridgehead atoms. The second-order valence-electron chi connectivity index (χ2n) is 6.32. The number of esters is 1. The molecule has 0 aromatic heterocycles. The molecule has 6 nitrogen and oxygen atoms in total. The van der Waals surface area contributed by atoms with Gasteiger partial charge in [0.15, 0.2) is 5.17 Å². The SMILES string of the molecule is CCOC(=O)c1ccc(N=C2S/C(=C/c3ccc(OCC)cc3)C(=O)N2CC)cc1. The summed E-state index contributed by atoms with van der Waals surface area (Å²) in [5.74, 6) is 0.366. The van der Waals surface area contributed by atoms with Gasteiger partial charge in [0.2, 0.25) is 0 Å². The summed E-state index contributed by atoms with van der Waals surface area (Å²) < 4.78 is 10.5. The number of ether oxygens (including phenoxy) is 2. The van der Waals surface area contributed by atoms with Gasteiger partial charge >= 0.3 is 5.97 Å². The van der Waals surface area contributed by atoms with E-state index in [-0.39, 0.29) is 11.9 Å². The predicted octanol–water partition coefficient (Wildman–Crippen LogP) is 4.89. The molecule has 0 atom stereocenters. The van der Waals surface area contributed by atoms with Crippen LogP contribution in [0.15, 0.2) is 58.4 Å². The molecule has 1 amide bonds. The number of thioether (sulfide) groups is 1. The number of nitrogens with zero attached hydrogens (tertiary/aromatic N) is 2. The number of likely N-dealkylation sites (N-methyl/N-ethyl adjacent to an activating group) is 1. The van der Waals surface area contributed by atoms with Crippen LogP contribution in [0.3, 0.4) is 0 Å². The fourth-order valence-corrected chi connectivity index (χ4v) is 3.91. The van der Waals surface area contributed by atoms with Crippen LogP contribution in [0.2, 0.25) is 0 Å². The molecule has 0 unspecified atom stereocenters. The summed E-state index contributed by atoms with van der Waals surface area (Å²) in [5, 5.41) is 0.614. The van der Waals surface area contributed by atoms with Crippen LogP contribution in [-0.2, 0) is 9.53 Å². The summed E-state index contributed by atoms with van der Waals surface area (Å²) in [6.45, 7) is 7.08. The average Bonchev–Trinajstić information content (AvgIpc) is 3.04. The fraction of sp³-hybridized carbons (Fsp3) is 0.261. The molecule has 1 fully saturated rings. The van der Waals surface area contributed by atoms with E-state index in [0.29, 0.717) is 41.1 Å². The minimum atomic E-state index is -0.363. The molecule has 3 rings (SSSR count). The first-order chi connectivity index (χ1) is 14.5. The van der Waals surface area contributed by atoms with Crippen LogP contribution >= 0.6 is 11.8 Å². The standard InChI is InChI=1S/C23H24N2O4S/c1-4-25-21(26)20(15-16-7-13-19(14-8-16)28-5-2)30-23(25)24-18-11-9-17(10-12-18)22(27)29-6-3/h7-15H,4-6H2,1-3H3/b20-15+,24-23?. The van der Waals surface area contributed by atoms with E-state index in [2.05, 4.69) is 4.99 Å². The van der Waals surface area contributed by atoms with E-state index in [1.807, 2.05) is 44.2 Å². The summed E-state index contributed by atoms with van der Waals surface area (Å²) in [7, 11) is 0. The number of hydrogen-bond acceptors (Lipinski definition) is 6. The lowest BCUT2D eigenvalue weighted by Gasteiger charge is -2.12. The van der Waals surface area contributed by atoms with Gasteiger partial charge in [0.05, 0.1) is 29.4 Å². The zero-order valence-electron chi connectivity index (χ0n) is 17.3. The van der Waals surface area contributed by atoms with Crippen molar-refractivity contribution in [2.75, 3.05) is 19.8 Å². The minimum absolute atomic E-state index is 0.0710. The first-order valence-corrected chi connectivity index (χ1v) is 10.7. The third-order valence-electron chi connectivity index (χ3n) is 4.30. The van der Waals surface area contributed by atoms with Crippen LogP contribution in [0.1, 0.15) is 36.7 Å². The van der Waals surface area contributed by atoms with Gasteiger partial charge in [0.25, 0.3) is 5.91 Å². The summed E-state index contributed by atoms with van der Waals surface area (Å²) in [4.78, 5) is 31.4. The summed E-state index contributed by atoms with van der Waals surface area (Å²) in [6, 6.07) is 14.4. The maximum absolute atomic E-state index is 12.8. The fourth-order valence-electron chi connectivity index (χ4n) is 2.85. The van der Waals surface area contributed by atoms with Crippen molar-refractivity contribution >= 4 is 40.6 Å². The van der Waals surface area contributed by atoms with Gasteiger partial charge in [-0.2, -0.15) is 0 Å². The smallest absolute Gasteiger partial charge is 0.338 e. The Morgan fingerprint density at radius 2 is 1.73 bits per heavy atom. The van der Waals surface area contributed by atoms with Crippen LogP contribution in [0.25, 0.3) is 6.08 Å². The Labute approximate surface area is 180 Å². The minimum Gasteiger partial charge on any atom is -0.494 e. The molecule has 0 spiro atoms. The molecule has 1 aliphatic rings. The Bertz CT molecular complexity index is 966. The van der Waals surface area contributed by atoms with Crippen molar-refractivity contribution in [3.05, 3.63) is 64.6 Å². The summed E-state index contributed by atoms with van der Waals surface area (Å²) in [5.41, 5.74) is 2.06. The van der Waals surface area contributed by atoms with Crippen LogP contribution in [0.5, 0.6) is 5.75 Å². The van der Waals surface area contributed by atoms with Gasteiger partial charge in [-0.25, -0.2) is 9.79 Å².